The molecule has 1 aliphatic heterocycles. The molecule has 1 fully saturated rings. The number of halogens is 1. The van der Waals surface area contributed by atoms with Crippen molar-refractivity contribution < 1.29 is 9.53 Å². The number of carbonyl (C=O) groups excluding carboxylic acids is 1. The Morgan fingerprint density at radius 2 is 2.16 bits per heavy atom. The van der Waals surface area contributed by atoms with Crippen LogP contribution < -0.4 is 4.74 Å². The molecule has 0 amide bonds. The molecule has 1 spiro atoms. The van der Waals surface area contributed by atoms with Gasteiger partial charge in [-0.3, -0.25) is 4.79 Å². The number of carbonyl (C=O) groups is 1. The van der Waals surface area contributed by atoms with Crippen LogP contribution in [0.25, 0.3) is 0 Å². The van der Waals surface area contributed by atoms with Crippen LogP contribution in [0.4, 0.5) is 0 Å². The van der Waals surface area contributed by atoms with Crippen LogP contribution in [0.15, 0.2) is 18.2 Å². The van der Waals surface area contributed by atoms with E-state index in [0.29, 0.717) is 28.7 Å². The van der Waals surface area contributed by atoms with Crippen molar-refractivity contribution in [2.45, 2.75) is 45.1 Å². The van der Waals surface area contributed by atoms with Gasteiger partial charge in [-0.15, -0.1) is 0 Å². The zero-order chi connectivity index (χ0) is 13.6. The normalized spacial score (nSPS) is 33.9. The molecule has 0 aromatic heterocycles. The maximum Gasteiger partial charge on any atom is 0.170 e. The van der Waals surface area contributed by atoms with Crippen LogP contribution in [0.1, 0.15) is 49.9 Å². The molecule has 1 heterocycles. The van der Waals surface area contributed by atoms with Crippen molar-refractivity contribution in [3.05, 3.63) is 28.8 Å². The first-order chi connectivity index (χ1) is 9.00. The molecule has 2 aliphatic rings. The summed E-state index contributed by atoms with van der Waals surface area (Å²) in [7, 11) is 0. The minimum absolute atomic E-state index is 0.171. The second-order valence-corrected chi connectivity index (χ2v) is 6.62. The molecule has 0 bridgehead atoms. The van der Waals surface area contributed by atoms with E-state index in [1.54, 1.807) is 12.1 Å². The molecular formula is C16H19ClO2. The van der Waals surface area contributed by atoms with Crippen molar-refractivity contribution in [2.24, 2.45) is 11.8 Å². The Hall–Kier alpha value is -1.02. The maximum absolute atomic E-state index is 12.4. The summed E-state index contributed by atoms with van der Waals surface area (Å²) in [5.74, 6) is 2.03. The average Bonchev–Trinajstić information content (AvgIpc) is 2.36. The van der Waals surface area contributed by atoms with Gasteiger partial charge >= 0.3 is 0 Å². The van der Waals surface area contributed by atoms with Gasteiger partial charge in [0.15, 0.2) is 5.78 Å². The number of benzene rings is 1. The molecule has 3 atom stereocenters. The van der Waals surface area contributed by atoms with Crippen LogP contribution in [-0.2, 0) is 0 Å². The Balaban J connectivity index is 1.96. The first kappa shape index (κ1) is 13.0. The van der Waals surface area contributed by atoms with Crippen LogP contribution in [0.3, 0.4) is 0 Å². The van der Waals surface area contributed by atoms with Crippen LogP contribution in [0, 0.1) is 11.8 Å². The molecule has 3 unspecified atom stereocenters. The molecule has 3 heteroatoms. The van der Waals surface area contributed by atoms with E-state index in [1.807, 2.05) is 6.07 Å². The molecule has 0 saturated heterocycles. The maximum atomic E-state index is 12.4. The number of hydrogen-bond donors (Lipinski definition) is 0. The van der Waals surface area contributed by atoms with Gasteiger partial charge in [-0.2, -0.15) is 0 Å². The van der Waals surface area contributed by atoms with Crippen LogP contribution in [-0.4, -0.2) is 11.4 Å². The minimum atomic E-state index is -0.287. The third kappa shape index (κ3) is 2.16. The number of ketones is 1. The Bertz CT molecular complexity index is 525. The van der Waals surface area contributed by atoms with Crippen molar-refractivity contribution in [3.63, 3.8) is 0 Å². The Morgan fingerprint density at radius 3 is 2.89 bits per heavy atom. The lowest BCUT2D eigenvalue weighted by molar-refractivity contribution is -0.0371. The molecule has 102 valence electrons. The number of Topliss-reactive ketones (excluding diaryl/α,β-unsaturated/α-hetero) is 1. The van der Waals surface area contributed by atoms with E-state index in [-0.39, 0.29) is 11.4 Å². The van der Waals surface area contributed by atoms with Crippen LogP contribution in [0.2, 0.25) is 5.02 Å². The summed E-state index contributed by atoms with van der Waals surface area (Å²) in [5, 5.41) is 0.594. The molecule has 0 N–H and O–H groups in total. The van der Waals surface area contributed by atoms with E-state index in [4.69, 9.17) is 16.3 Å². The van der Waals surface area contributed by atoms with Crippen molar-refractivity contribution in [1.82, 2.24) is 0 Å². The summed E-state index contributed by atoms with van der Waals surface area (Å²) in [6, 6.07) is 5.35. The largest absolute Gasteiger partial charge is 0.486 e. The molecule has 1 aromatic carbocycles. The fourth-order valence-corrected chi connectivity index (χ4v) is 3.69. The fraction of sp³-hybridized carbons (Fsp3) is 0.562. The number of fused-ring (bicyclic) bond motifs is 1. The molecule has 1 saturated carbocycles. The van der Waals surface area contributed by atoms with Crippen molar-refractivity contribution in [2.75, 3.05) is 0 Å². The highest BCUT2D eigenvalue weighted by molar-refractivity contribution is 6.31. The number of rotatable bonds is 0. The van der Waals surface area contributed by atoms with Gasteiger partial charge in [-0.05, 0) is 49.3 Å². The van der Waals surface area contributed by atoms with Gasteiger partial charge in [-0.1, -0.05) is 25.4 Å². The van der Waals surface area contributed by atoms with E-state index in [0.717, 1.165) is 25.2 Å². The number of ether oxygens (including phenoxy) is 1. The zero-order valence-electron chi connectivity index (χ0n) is 11.4. The summed E-state index contributed by atoms with van der Waals surface area (Å²) < 4.78 is 6.27. The Labute approximate surface area is 119 Å². The lowest BCUT2D eigenvalue weighted by Crippen LogP contribution is -2.50. The summed E-state index contributed by atoms with van der Waals surface area (Å²) in [6.07, 6.45) is 3.74. The Morgan fingerprint density at radius 1 is 1.37 bits per heavy atom. The first-order valence-corrected chi connectivity index (χ1v) is 7.40. The highest BCUT2D eigenvalue weighted by Gasteiger charge is 2.47. The topological polar surface area (TPSA) is 26.3 Å². The molecule has 1 aliphatic carbocycles. The quantitative estimate of drug-likeness (QED) is 0.698. The fourth-order valence-electron chi connectivity index (χ4n) is 3.52. The van der Waals surface area contributed by atoms with Gasteiger partial charge < -0.3 is 4.74 Å². The second-order valence-electron chi connectivity index (χ2n) is 6.19. The summed E-state index contributed by atoms with van der Waals surface area (Å²) in [4.78, 5) is 12.4. The predicted molar refractivity (Wildman–Crippen MR) is 75.9 cm³/mol. The van der Waals surface area contributed by atoms with Gasteiger partial charge in [0.25, 0.3) is 0 Å². The predicted octanol–water partition coefficient (Wildman–Crippen LogP) is 4.50. The van der Waals surface area contributed by atoms with E-state index >= 15 is 0 Å². The molecule has 1 aromatic rings. The van der Waals surface area contributed by atoms with E-state index in [1.165, 1.54) is 0 Å². The lowest BCUT2D eigenvalue weighted by Gasteiger charge is -2.46. The molecule has 0 radical (unpaired) electrons. The highest BCUT2D eigenvalue weighted by Crippen LogP contribution is 2.46. The van der Waals surface area contributed by atoms with Crippen LogP contribution >= 0.6 is 11.6 Å². The number of hydrogen-bond acceptors (Lipinski definition) is 2. The summed E-state index contributed by atoms with van der Waals surface area (Å²) >= 11 is 5.96. The third-order valence-corrected chi connectivity index (χ3v) is 4.96. The van der Waals surface area contributed by atoms with Crippen molar-refractivity contribution in [3.8, 4) is 5.75 Å². The monoisotopic (exact) mass is 278 g/mol. The van der Waals surface area contributed by atoms with E-state index < -0.39 is 0 Å². The van der Waals surface area contributed by atoms with Crippen LogP contribution in [0.5, 0.6) is 5.75 Å². The highest BCUT2D eigenvalue weighted by atomic mass is 35.5. The van der Waals surface area contributed by atoms with Crippen molar-refractivity contribution >= 4 is 17.4 Å². The SMILES string of the molecule is CC1CCC2(CC(=O)c3cc(Cl)ccc3O2)C(C)C1. The zero-order valence-corrected chi connectivity index (χ0v) is 12.2. The molecule has 3 rings (SSSR count). The first-order valence-electron chi connectivity index (χ1n) is 7.02. The third-order valence-electron chi connectivity index (χ3n) is 4.73. The Kier molecular flexibility index (Phi) is 3.09. The second kappa shape index (κ2) is 4.52. The average molecular weight is 279 g/mol. The summed E-state index contributed by atoms with van der Waals surface area (Å²) in [5.41, 5.74) is 0.355. The molecular weight excluding hydrogens is 260 g/mol. The van der Waals surface area contributed by atoms with Crippen molar-refractivity contribution in [1.29, 1.82) is 0 Å². The van der Waals surface area contributed by atoms with E-state index in [9.17, 15) is 4.79 Å². The molecule has 2 nitrogen and oxygen atoms in total. The minimum Gasteiger partial charge on any atom is -0.486 e. The van der Waals surface area contributed by atoms with Gasteiger partial charge in [-0.25, -0.2) is 0 Å². The van der Waals surface area contributed by atoms with Gasteiger partial charge in [0.05, 0.1) is 12.0 Å². The molecule has 19 heavy (non-hydrogen) atoms. The smallest absolute Gasteiger partial charge is 0.170 e. The van der Waals surface area contributed by atoms with Gasteiger partial charge in [0.2, 0.25) is 0 Å². The van der Waals surface area contributed by atoms with Gasteiger partial charge in [0.1, 0.15) is 11.4 Å². The standard InChI is InChI=1S/C16H19ClO2/c1-10-5-6-16(11(2)7-10)9-14(18)13-8-12(17)3-4-15(13)19-16/h3-4,8,10-11H,5-7,9H2,1-2H3. The lowest BCUT2D eigenvalue weighted by atomic mass is 9.68. The van der Waals surface area contributed by atoms with Gasteiger partial charge in [0, 0.05) is 5.02 Å². The summed E-state index contributed by atoms with van der Waals surface area (Å²) in [6.45, 7) is 4.49. The van der Waals surface area contributed by atoms with E-state index in [2.05, 4.69) is 13.8 Å².